The van der Waals surface area contributed by atoms with E-state index in [0.29, 0.717) is 15.9 Å². The summed E-state index contributed by atoms with van der Waals surface area (Å²) in [5, 5.41) is 20.5. The maximum atomic E-state index is 12.9. The first-order chi connectivity index (χ1) is 22.9. The van der Waals surface area contributed by atoms with Gasteiger partial charge in [0.25, 0.3) is 11.6 Å². The fraction of sp³-hybridized carbons (Fsp3) is 0.276. The summed E-state index contributed by atoms with van der Waals surface area (Å²) in [4.78, 5) is 32.3. The molecule has 0 radical (unpaired) electrons. The minimum Gasteiger partial charge on any atom is -0.870 e. The van der Waals surface area contributed by atoms with Crippen LogP contribution in [0.15, 0.2) is 66.6 Å². The summed E-state index contributed by atoms with van der Waals surface area (Å²) in [6.45, 7) is 4.34. The number of anilines is 1. The predicted molar refractivity (Wildman–Crippen MR) is 164 cm³/mol. The van der Waals surface area contributed by atoms with E-state index in [1.807, 2.05) is 12.1 Å². The Morgan fingerprint density at radius 1 is 0.981 bits per heavy atom. The molecule has 282 valence electrons. The number of hydrogen-bond donors (Lipinski definition) is 3. The molecule has 0 unspecified atom stereocenters. The third-order valence-corrected chi connectivity index (χ3v) is 5.42. The Morgan fingerprint density at radius 3 is 1.79 bits per heavy atom. The Balaban J connectivity index is -0.000000687. The van der Waals surface area contributed by atoms with Crippen LogP contribution in [-0.4, -0.2) is 56.9 Å². The van der Waals surface area contributed by atoms with Crippen LogP contribution in [0.5, 0.6) is 0 Å². The van der Waals surface area contributed by atoms with Crippen LogP contribution >= 0.6 is 23.2 Å². The van der Waals surface area contributed by atoms with Crippen molar-refractivity contribution in [2.75, 3.05) is 12.0 Å². The summed E-state index contributed by atoms with van der Waals surface area (Å²) in [7, 11) is 0. The largest absolute Gasteiger partial charge is 1.00 e. The van der Waals surface area contributed by atoms with Gasteiger partial charge < -0.3 is 20.7 Å². The number of nitriles is 1. The van der Waals surface area contributed by atoms with Crippen molar-refractivity contribution in [2.24, 2.45) is 11.8 Å². The number of ether oxygens (including phenoxy) is 1. The van der Waals surface area contributed by atoms with Crippen molar-refractivity contribution >= 4 is 46.4 Å². The first-order valence-electron chi connectivity index (χ1n) is 13.1. The van der Waals surface area contributed by atoms with Gasteiger partial charge in [0.05, 0.1) is 30.8 Å². The molecule has 11 nitrogen and oxygen atoms in total. The molecule has 5 N–H and O–H groups in total. The number of alkyl halides is 9. The molecule has 23 heteroatoms. The second kappa shape index (κ2) is 24.2. The quantitative estimate of drug-likeness (QED) is 0.0406. The first-order valence-corrected chi connectivity index (χ1v) is 13.9. The number of hydrogen-bond acceptors (Lipinski definition) is 9. The number of allylic oxidation sites excluding steroid dienone is 1. The minimum absolute atomic E-state index is 0. The standard InChI is InChI=1S/C11H6ClF3N2O2.C10H10F6O3.C6H7ClN2.C2H3N.K.H2O/c12-6-2-1-3-7(4-6)17-9(11(13,14)15)8(5-16-17)10(18)19;1-5(2)3-19-4-6(7(17)9(11,12)13)8(18)10(14,15)16;7-5-2-1-3-6(4-5)9-8;1-2-3;;/h1-5H,(H,18,19);4-5H,3H2,1-2H3;1-4,9H,8H2;1H3;;1H2/q;;;;+1;/p-1. The SMILES string of the molecule is CC#N.CC(C)COC=C(C(=O)C(F)(F)F)C(=O)C(F)(F)F.NNc1cccc(Cl)c1.O=C(O)c1cnn(-c2cccc(Cl)c2)c1C(F)(F)F.[K+].[OH-]. The van der Waals surface area contributed by atoms with E-state index in [4.69, 9.17) is 39.4 Å². The smallest absolute Gasteiger partial charge is 0.870 e. The maximum Gasteiger partial charge on any atom is 1.00 e. The van der Waals surface area contributed by atoms with Gasteiger partial charge in [0.2, 0.25) is 0 Å². The van der Waals surface area contributed by atoms with Crippen LogP contribution < -0.4 is 62.7 Å². The van der Waals surface area contributed by atoms with Gasteiger partial charge in [0.15, 0.2) is 5.69 Å². The molecule has 0 saturated heterocycles. The number of nitrogens with one attached hydrogen (secondary N) is 1. The number of halogens is 11. The van der Waals surface area contributed by atoms with Crippen molar-refractivity contribution in [2.45, 2.75) is 39.3 Å². The van der Waals surface area contributed by atoms with Crippen molar-refractivity contribution in [1.82, 2.24) is 9.78 Å². The van der Waals surface area contributed by atoms with Crippen molar-refractivity contribution in [3.8, 4) is 11.8 Å². The van der Waals surface area contributed by atoms with E-state index in [0.717, 1.165) is 5.69 Å². The Bertz CT molecular complexity index is 1650. The number of carbonyl (C=O) groups excluding carboxylic acids is 2. The van der Waals surface area contributed by atoms with E-state index in [1.165, 1.54) is 31.2 Å². The predicted octanol–water partition coefficient (Wildman–Crippen LogP) is 5.03. The monoisotopic (exact) mass is 821 g/mol. The molecule has 0 amide bonds. The summed E-state index contributed by atoms with van der Waals surface area (Å²) in [6, 6.07) is 14.5. The average molecular weight is 823 g/mol. The zero-order valence-electron chi connectivity index (χ0n) is 27.2. The Labute approximate surface area is 342 Å². The van der Waals surface area contributed by atoms with Gasteiger partial charge in [-0.15, -0.1) is 0 Å². The number of carboxylic acid groups (broad SMARTS) is 1. The van der Waals surface area contributed by atoms with E-state index in [2.05, 4.69) is 15.3 Å². The number of Topliss-reactive ketones (excluding diaryl/α,β-unsaturated/α-hetero) is 2. The third kappa shape index (κ3) is 19.0. The van der Waals surface area contributed by atoms with Crippen molar-refractivity contribution < 1.29 is 121 Å². The van der Waals surface area contributed by atoms with Gasteiger partial charge >= 0.3 is 75.9 Å². The van der Waals surface area contributed by atoms with Gasteiger partial charge in [-0.2, -0.15) is 49.9 Å². The van der Waals surface area contributed by atoms with Crippen LogP contribution in [0.25, 0.3) is 5.69 Å². The van der Waals surface area contributed by atoms with E-state index in [9.17, 15) is 53.9 Å². The van der Waals surface area contributed by atoms with Gasteiger partial charge in [-0.25, -0.2) is 9.48 Å². The Morgan fingerprint density at radius 2 is 1.44 bits per heavy atom. The molecule has 0 aliphatic rings. The van der Waals surface area contributed by atoms with E-state index >= 15 is 0 Å². The number of nitrogen functional groups attached to an aromatic ring is 1. The second-order valence-electron chi connectivity index (χ2n) is 9.39. The topological polar surface area (TPSA) is 190 Å². The maximum absolute atomic E-state index is 12.9. The molecule has 0 spiro atoms. The average Bonchev–Trinajstić information content (AvgIpc) is 3.46. The fourth-order valence-corrected chi connectivity index (χ4v) is 3.37. The minimum atomic E-state index is -5.59. The van der Waals surface area contributed by atoms with Crippen molar-refractivity contribution in [1.29, 1.82) is 5.26 Å². The van der Waals surface area contributed by atoms with Crippen LogP contribution in [0.2, 0.25) is 10.0 Å². The molecule has 1 aromatic heterocycles. The van der Waals surface area contributed by atoms with Crippen LogP contribution in [0.3, 0.4) is 0 Å². The molecule has 0 aliphatic carbocycles. The number of rotatable bonds is 8. The summed E-state index contributed by atoms with van der Waals surface area (Å²) < 4.78 is 116. The summed E-state index contributed by atoms with van der Waals surface area (Å²) in [5.41, 5.74) is -0.998. The number of aromatic nitrogens is 2. The molecular formula is C29H27Cl2F9KN5O6. The molecule has 3 aromatic rings. The van der Waals surface area contributed by atoms with Gasteiger partial charge in [0.1, 0.15) is 11.1 Å². The number of benzene rings is 2. The number of nitrogens with two attached hydrogens (primary N) is 1. The third-order valence-electron chi connectivity index (χ3n) is 4.95. The molecule has 2 aromatic carbocycles. The number of carbonyl (C=O) groups is 3. The normalized spacial score (nSPS) is 10.4. The second-order valence-corrected chi connectivity index (χ2v) is 10.3. The van der Waals surface area contributed by atoms with Gasteiger partial charge in [0, 0.05) is 22.7 Å². The van der Waals surface area contributed by atoms with E-state index in [-0.39, 0.29) is 86.4 Å². The van der Waals surface area contributed by atoms with Gasteiger partial charge in [-0.3, -0.25) is 15.4 Å². The van der Waals surface area contributed by atoms with Crippen LogP contribution in [0, 0.1) is 17.2 Å². The number of ketones is 2. The van der Waals surface area contributed by atoms with Gasteiger partial charge in [-0.05, 0) is 42.3 Å². The summed E-state index contributed by atoms with van der Waals surface area (Å²) in [6.07, 6.45) is -15.5. The molecule has 0 atom stereocenters. The molecule has 0 saturated carbocycles. The molecular weight excluding hydrogens is 795 g/mol. The molecule has 3 rings (SSSR count). The number of hydrazine groups is 1. The number of nitrogens with zero attached hydrogens (tertiary/aromatic N) is 3. The van der Waals surface area contributed by atoms with E-state index in [1.54, 1.807) is 32.0 Å². The van der Waals surface area contributed by atoms with Crippen LogP contribution in [-0.2, 0) is 20.5 Å². The molecule has 0 aliphatic heterocycles. The zero-order valence-corrected chi connectivity index (χ0v) is 31.8. The van der Waals surface area contributed by atoms with Crippen LogP contribution in [0.1, 0.15) is 36.8 Å². The molecule has 1 heterocycles. The molecule has 0 bridgehead atoms. The molecule has 0 fully saturated rings. The van der Waals surface area contributed by atoms with Crippen molar-refractivity contribution in [3.05, 3.63) is 87.9 Å². The van der Waals surface area contributed by atoms with E-state index < -0.39 is 52.9 Å². The number of carboxylic acids is 1. The summed E-state index contributed by atoms with van der Waals surface area (Å²) >= 11 is 11.3. The zero-order chi connectivity index (χ0) is 39.0. The first kappa shape index (κ1) is 53.2. The number of aromatic carboxylic acids is 1. The summed E-state index contributed by atoms with van der Waals surface area (Å²) in [5.74, 6) is -2.57. The van der Waals surface area contributed by atoms with Crippen molar-refractivity contribution in [3.63, 3.8) is 0 Å². The molecule has 52 heavy (non-hydrogen) atoms. The fourth-order valence-electron chi connectivity index (χ4n) is 3.00. The Hall–Kier alpha value is -3.20. The van der Waals surface area contributed by atoms with Gasteiger partial charge in [-0.1, -0.05) is 49.2 Å². The van der Waals surface area contributed by atoms with Crippen LogP contribution in [0.4, 0.5) is 45.2 Å². The Kier molecular flexibility index (Phi) is 24.7.